The Morgan fingerprint density at radius 1 is 1.59 bits per heavy atom. The summed E-state index contributed by atoms with van der Waals surface area (Å²) >= 11 is 0. The van der Waals surface area contributed by atoms with E-state index in [2.05, 4.69) is 15.5 Å². The van der Waals surface area contributed by atoms with Crippen LogP contribution in [-0.2, 0) is 21.2 Å². The van der Waals surface area contributed by atoms with Crippen molar-refractivity contribution in [3.8, 4) is 0 Å². The molecule has 0 aliphatic carbocycles. The van der Waals surface area contributed by atoms with Crippen molar-refractivity contribution in [2.75, 3.05) is 11.5 Å². The highest BCUT2D eigenvalue weighted by Gasteiger charge is 2.29. The van der Waals surface area contributed by atoms with E-state index < -0.39 is 9.84 Å². The van der Waals surface area contributed by atoms with E-state index in [4.69, 9.17) is 0 Å². The molecule has 0 bridgehead atoms. The summed E-state index contributed by atoms with van der Waals surface area (Å²) in [6.45, 7) is 0.425. The Kier molecular flexibility index (Phi) is 3.46. The van der Waals surface area contributed by atoms with E-state index in [1.165, 1.54) is 0 Å². The zero-order valence-electron chi connectivity index (χ0n) is 9.35. The molecule has 94 valence electrons. The quantitative estimate of drug-likeness (QED) is 0.784. The summed E-state index contributed by atoms with van der Waals surface area (Å²) in [6, 6.07) is 0. The van der Waals surface area contributed by atoms with Gasteiger partial charge in [0.05, 0.1) is 17.7 Å². The molecule has 0 radical (unpaired) electrons. The van der Waals surface area contributed by atoms with Crippen molar-refractivity contribution in [1.82, 2.24) is 15.5 Å². The lowest BCUT2D eigenvalue weighted by atomic mass is 10.1. The van der Waals surface area contributed by atoms with Gasteiger partial charge in [-0.05, 0) is 12.3 Å². The minimum Gasteiger partial charge on any atom is -0.352 e. The van der Waals surface area contributed by atoms with Crippen LogP contribution in [0.5, 0.6) is 0 Å². The maximum absolute atomic E-state index is 11.6. The minimum absolute atomic E-state index is 0.0238. The van der Waals surface area contributed by atoms with Gasteiger partial charge in [0.25, 0.3) is 0 Å². The monoisotopic (exact) mass is 257 g/mol. The number of H-pyrrole nitrogens is 1. The molecule has 1 unspecified atom stereocenters. The van der Waals surface area contributed by atoms with Crippen LogP contribution < -0.4 is 5.32 Å². The Bertz CT molecular complexity index is 481. The van der Waals surface area contributed by atoms with Crippen molar-refractivity contribution >= 4 is 15.7 Å². The standard InChI is InChI=1S/C10H15N3O3S/c14-10(11-4-9-5-12-13-6-9)3-8-1-2-17(15,16)7-8/h5-6,8H,1-4,7H2,(H,11,14)(H,12,13). The highest BCUT2D eigenvalue weighted by Crippen LogP contribution is 2.21. The van der Waals surface area contributed by atoms with Crippen molar-refractivity contribution in [3.05, 3.63) is 18.0 Å². The number of sulfone groups is 1. The summed E-state index contributed by atoms with van der Waals surface area (Å²) in [5.74, 6) is 0.233. The number of hydrogen-bond donors (Lipinski definition) is 2. The predicted octanol–water partition coefficient (Wildman–Crippen LogP) is -0.149. The molecular formula is C10H15N3O3S. The van der Waals surface area contributed by atoms with Crippen LogP contribution in [-0.4, -0.2) is 36.0 Å². The molecule has 6 nitrogen and oxygen atoms in total. The zero-order valence-corrected chi connectivity index (χ0v) is 10.2. The van der Waals surface area contributed by atoms with Gasteiger partial charge >= 0.3 is 0 Å². The third-order valence-corrected chi connectivity index (χ3v) is 4.68. The Morgan fingerprint density at radius 2 is 2.41 bits per heavy atom. The first-order valence-corrected chi connectivity index (χ1v) is 7.32. The molecule has 2 rings (SSSR count). The third kappa shape index (κ3) is 3.55. The molecule has 0 saturated carbocycles. The largest absolute Gasteiger partial charge is 0.352 e. The van der Waals surface area contributed by atoms with E-state index in [1.54, 1.807) is 12.4 Å². The number of hydrogen-bond acceptors (Lipinski definition) is 4. The molecule has 2 heterocycles. The summed E-state index contributed by atoms with van der Waals surface area (Å²) in [5, 5.41) is 9.17. The van der Waals surface area contributed by atoms with Crippen molar-refractivity contribution in [3.63, 3.8) is 0 Å². The molecule has 1 aliphatic heterocycles. The van der Waals surface area contributed by atoms with Crippen molar-refractivity contribution < 1.29 is 13.2 Å². The van der Waals surface area contributed by atoms with Crippen LogP contribution in [0.2, 0.25) is 0 Å². The second-order valence-corrected chi connectivity index (χ2v) is 6.59. The van der Waals surface area contributed by atoms with E-state index in [0.717, 1.165) is 5.56 Å². The molecule has 7 heteroatoms. The number of aromatic nitrogens is 2. The first-order chi connectivity index (χ1) is 8.05. The van der Waals surface area contributed by atoms with E-state index in [-0.39, 0.29) is 29.8 Å². The Labute approximate surface area is 99.7 Å². The zero-order chi connectivity index (χ0) is 12.3. The Hall–Kier alpha value is -1.37. The number of nitrogens with zero attached hydrogens (tertiary/aromatic N) is 1. The number of rotatable bonds is 4. The smallest absolute Gasteiger partial charge is 0.220 e. The maximum Gasteiger partial charge on any atom is 0.220 e. The van der Waals surface area contributed by atoms with Crippen LogP contribution in [0.15, 0.2) is 12.4 Å². The molecule has 1 amide bonds. The molecule has 17 heavy (non-hydrogen) atoms. The van der Waals surface area contributed by atoms with Gasteiger partial charge in [0.15, 0.2) is 9.84 Å². The average molecular weight is 257 g/mol. The minimum atomic E-state index is -2.89. The molecule has 1 atom stereocenters. The lowest BCUT2D eigenvalue weighted by Gasteiger charge is -2.07. The van der Waals surface area contributed by atoms with Gasteiger partial charge in [0.1, 0.15) is 0 Å². The number of amides is 1. The van der Waals surface area contributed by atoms with Crippen molar-refractivity contribution in [1.29, 1.82) is 0 Å². The third-order valence-electron chi connectivity index (χ3n) is 2.85. The van der Waals surface area contributed by atoms with Crippen LogP contribution in [0, 0.1) is 5.92 Å². The van der Waals surface area contributed by atoms with Crippen molar-refractivity contribution in [2.45, 2.75) is 19.4 Å². The molecule has 1 saturated heterocycles. The summed E-state index contributed by atoms with van der Waals surface area (Å²) in [4.78, 5) is 11.6. The van der Waals surface area contributed by atoms with Gasteiger partial charge in [-0.2, -0.15) is 5.10 Å². The second-order valence-electron chi connectivity index (χ2n) is 4.36. The Balaban J connectivity index is 1.75. The van der Waals surface area contributed by atoms with Gasteiger partial charge in [-0.15, -0.1) is 0 Å². The maximum atomic E-state index is 11.6. The van der Waals surface area contributed by atoms with E-state index in [1.807, 2.05) is 0 Å². The lowest BCUT2D eigenvalue weighted by molar-refractivity contribution is -0.122. The van der Waals surface area contributed by atoms with Gasteiger partial charge < -0.3 is 5.32 Å². The van der Waals surface area contributed by atoms with Gasteiger partial charge in [-0.25, -0.2) is 8.42 Å². The topological polar surface area (TPSA) is 91.9 Å². The molecule has 0 spiro atoms. The predicted molar refractivity (Wildman–Crippen MR) is 61.8 cm³/mol. The van der Waals surface area contributed by atoms with Crippen LogP contribution in [0.3, 0.4) is 0 Å². The average Bonchev–Trinajstić information content (AvgIpc) is 2.85. The summed E-state index contributed by atoms with van der Waals surface area (Å²) in [5.41, 5.74) is 0.900. The van der Waals surface area contributed by atoms with Crippen LogP contribution >= 0.6 is 0 Å². The van der Waals surface area contributed by atoms with Gasteiger partial charge in [-0.1, -0.05) is 0 Å². The second kappa shape index (κ2) is 4.87. The summed E-state index contributed by atoms with van der Waals surface area (Å²) in [6.07, 6.45) is 4.24. The highest BCUT2D eigenvalue weighted by atomic mass is 32.2. The van der Waals surface area contributed by atoms with Crippen LogP contribution in [0.25, 0.3) is 0 Å². The van der Waals surface area contributed by atoms with Gasteiger partial charge in [0.2, 0.25) is 5.91 Å². The molecule has 1 aromatic heterocycles. The van der Waals surface area contributed by atoms with Crippen LogP contribution in [0.4, 0.5) is 0 Å². The lowest BCUT2D eigenvalue weighted by Crippen LogP contribution is -2.25. The number of carbonyl (C=O) groups excluding carboxylic acids is 1. The highest BCUT2D eigenvalue weighted by molar-refractivity contribution is 7.91. The summed E-state index contributed by atoms with van der Waals surface area (Å²) < 4.78 is 22.4. The molecule has 0 aromatic carbocycles. The molecule has 1 fully saturated rings. The first-order valence-electron chi connectivity index (χ1n) is 5.50. The van der Waals surface area contributed by atoms with E-state index in [0.29, 0.717) is 13.0 Å². The van der Waals surface area contributed by atoms with E-state index >= 15 is 0 Å². The Morgan fingerprint density at radius 3 is 3.00 bits per heavy atom. The van der Waals surface area contributed by atoms with Gasteiger partial charge in [0, 0.05) is 24.7 Å². The molecule has 2 N–H and O–H groups in total. The molecule has 1 aromatic rings. The van der Waals surface area contributed by atoms with Crippen LogP contribution in [0.1, 0.15) is 18.4 Å². The molecular weight excluding hydrogens is 242 g/mol. The van der Waals surface area contributed by atoms with E-state index in [9.17, 15) is 13.2 Å². The summed E-state index contributed by atoms with van der Waals surface area (Å²) in [7, 11) is -2.89. The fourth-order valence-corrected chi connectivity index (χ4v) is 3.80. The van der Waals surface area contributed by atoms with Crippen molar-refractivity contribution in [2.24, 2.45) is 5.92 Å². The first kappa shape index (κ1) is 12.1. The fraction of sp³-hybridized carbons (Fsp3) is 0.600. The fourth-order valence-electron chi connectivity index (χ4n) is 1.94. The number of carbonyl (C=O) groups is 1. The number of nitrogens with one attached hydrogen (secondary N) is 2. The SMILES string of the molecule is O=C(CC1CCS(=O)(=O)C1)NCc1cn[nH]c1. The molecule has 1 aliphatic rings. The normalized spacial score (nSPS) is 22.5. The number of aromatic amines is 1. The van der Waals surface area contributed by atoms with Gasteiger partial charge in [-0.3, -0.25) is 9.89 Å².